The van der Waals surface area contributed by atoms with Crippen molar-refractivity contribution >= 4 is 16.6 Å². The summed E-state index contributed by atoms with van der Waals surface area (Å²) in [5.74, 6) is 0. The second kappa shape index (κ2) is 11.6. The summed E-state index contributed by atoms with van der Waals surface area (Å²) >= 11 is 0. The average Bonchev–Trinajstić information content (AvgIpc) is 2.66. The first-order valence-electron chi connectivity index (χ1n) is 11.9. The molecule has 0 aliphatic heterocycles. The predicted octanol–water partition coefficient (Wildman–Crippen LogP) is 7.30. The van der Waals surface area contributed by atoms with Crippen LogP contribution in [0.4, 0.5) is 13.2 Å². The molecule has 0 aromatic heterocycles. The van der Waals surface area contributed by atoms with E-state index in [4.69, 9.17) is 13.6 Å². The Kier molecular flexibility index (Phi) is 10.6. The molecule has 0 fully saturated rings. The standard InChI is InChI=1S/C25H45F3O4Si2/c1-23(2,3)33(7,8)31-20(16-17-30-18-19-14-12-11-13-15-19)21(22(29)25(26,27)28)32-34(9,10)24(4,5)6/h11-15,20-22,29H,16-18H2,1-10H3/t20-,21+,22+/m0/s1. The Morgan fingerprint density at radius 2 is 1.29 bits per heavy atom. The minimum absolute atomic E-state index is 0.186. The van der Waals surface area contributed by atoms with Gasteiger partial charge in [0.1, 0.15) is 6.10 Å². The molecule has 4 nitrogen and oxygen atoms in total. The van der Waals surface area contributed by atoms with E-state index in [1.807, 2.05) is 98.1 Å². The molecule has 0 spiro atoms. The minimum atomic E-state index is -4.83. The van der Waals surface area contributed by atoms with Gasteiger partial charge in [-0.05, 0) is 48.2 Å². The zero-order valence-corrected chi connectivity index (χ0v) is 24.5. The molecule has 3 atom stereocenters. The van der Waals surface area contributed by atoms with Crippen molar-refractivity contribution in [1.29, 1.82) is 0 Å². The van der Waals surface area contributed by atoms with Crippen molar-refractivity contribution in [3.8, 4) is 0 Å². The van der Waals surface area contributed by atoms with E-state index in [9.17, 15) is 18.3 Å². The molecule has 0 amide bonds. The molecule has 9 heteroatoms. The average molecular weight is 523 g/mol. The fourth-order valence-corrected chi connectivity index (χ4v) is 5.53. The maximum Gasteiger partial charge on any atom is 0.416 e. The quantitative estimate of drug-likeness (QED) is 0.245. The largest absolute Gasteiger partial charge is 0.416 e. The van der Waals surface area contributed by atoms with Gasteiger partial charge in [0.25, 0.3) is 0 Å². The maximum atomic E-state index is 13.8. The molecule has 0 aliphatic rings. The van der Waals surface area contributed by atoms with Crippen molar-refractivity contribution in [1.82, 2.24) is 0 Å². The smallest absolute Gasteiger partial charge is 0.411 e. The third-order valence-electron chi connectivity index (χ3n) is 7.16. The number of hydrogen-bond acceptors (Lipinski definition) is 4. The SMILES string of the molecule is CC(C)(C)[Si](C)(C)O[C@H]([C@H](CCOCc1ccccc1)O[Si](C)(C)C(C)(C)C)[C@@H](O)C(F)(F)F. The van der Waals surface area contributed by atoms with Gasteiger partial charge in [0.05, 0.1) is 12.7 Å². The van der Waals surface area contributed by atoms with E-state index in [-0.39, 0.29) is 23.1 Å². The normalized spacial score (nSPS) is 16.9. The summed E-state index contributed by atoms with van der Waals surface area (Å²) in [7, 11) is -5.14. The van der Waals surface area contributed by atoms with E-state index in [1.165, 1.54) is 0 Å². The van der Waals surface area contributed by atoms with Crippen molar-refractivity contribution in [3.63, 3.8) is 0 Å². The molecule has 0 aliphatic carbocycles. The molecular weight excluding hydrogens is 477 g/mol. The van der Waals surface area contributed by atoms with Gasteiger partial charge in [-0.3, -0.25) is 0 Å². The van der Waals surface area contributed by atoms with Crippen LogP contribution in [-0.4, -0.2) is 52.8 Å². The fourth-order valence-electron chi connectivity index (χ4n) is 2.86. The lowest BCUT2D eigenvalue weighted by molar-refractivity contribution is -0.238. The molecule has 0 bridgehead atoms. The number of rotatable bonds is 11. The number of alkyl halides is 3. The maximum absolute atomic E-state index is 13.8. The Morgan fingerprint density at radius 3 is 1.74 bits per heavy atom. The molecule has 1 rings (SSSR count). The third-order valence-corrected chi connectivity index (χ3v) is 16.1. The number of ether oxygens (including phenoxy) is 1. The van der Waals surface area contributed by atoms with E-state index < -0.39 is 41.1 Å². The summed E-state index contributed by atoms with van der Waals surface area (Å²) in [6, 6.07) is 9.59. The molecule has 0 saturated carbocycles. The van der Waals surface area contributed by atoms with Crippen LogP contribution in [0.1, 0.15) is 53.5 Å². The lowest BCUT2D eigenvalue weighted by atomic mass is 10.1. The summed E-state index contributed by atoms with van der Waals surface area (Å²) in [6.45, 7) is 20.3. The first-order valence-corrected chi connectivity index (χ1v) is 17.7. The van der Waals surface area contributed by atoms with Crippen molar-refractivity contribution in [2.45, 2.75) is 115 Å². The van der Waals surface area contributed by atoms with Crippen LogP contribution < -0.4 is 0 Å². The van der Waals surface area contributed by atoms with E-state index >= 15 is 0 Å². The molecule has 0 unspecified atom stereocenters. The lowest BCUT2D eigenvalue weighted by Gasteiger charge is -2.46. The highest BCUT2D eigenvalue weighted by Gasteiger charge is 2.52. The molecule has 0 heterocycles. The van der Waals surface area contributed by atoms with Gasteiger partial charge in [-0.25, -0.2) is 0 Å². The summed E-state index contributed by atoms with van der Waals surface area (Å²) in [5.41, 5.74) is 0.980. The summed E-state index contributed by atoms with van der Waals surface area (Å²) in [6.07, 6.45) is -9.78. The van der Waals surface area contributed by atoms with Gasteiger partial charge in [-0.1, -0.05) is 71.9 Å². The van der Waals surface area contributed by atoms with Crippen LogP contribution in [0.25, 0.3) is 0 Å². The third kappa shape index (κ3) is 9.06. The van der Waals surface area contributed by atoms with Gasteiger partial charge in [-0.15, -0.1) is 0 Å². The predicted molar refractivity (Wildman–Crippen MR) is 137 cm³/mol. The van der Waals surface area contributed by atoms with Crippen LogP contribution in [0.3, 0.4) is 0 Å². The van der Waals surface area contributed by atoms with Crippen LogP contribution >= 0.6 is 0 Å². The first kappa shape index (κ1) is 31.3. The zero-order chi connectivity index (χ0) is 26.6. The van der Waals surface area contributed by atoms with Gasteiger partial charge in [-0.2, -0.15) is 13.2 Å². The Morgan fingerprint density at radius 1 is 0.824 bits per heavy atom. The van der Waals surface area contributed by atoms with Gasteiger partial charge in [0, 0.05) is 6.61 Å². The number of aliphatic hydroxyl groups is 1. The summed E-state index contributed by atoms with van der Waals surface area (Å²) in [4.78, 5) is 0. The van der Waals surface area contributed by atoms with Gasteiger partial charge in [0.2, 0.25) is 0 Å². The Bertz CT molecular complexity index is 741. The van der Waals surface area contributed by atoms with Crippen LogP contribution in [0.2, 0.25) is 36.3 Å². The fraction of sp³-hybridized carbons (Fsp3) is 0.760. The molecule has 34 heavy (non-hydrogen) atoms. The second-order valence-corrected chi connectivity index (χ2v) is 21.6. The van der Waals surface area contributed by atoms with Crippen molar-refractivity contribution < 1.29 is 31.9 Å². The van der Waals surface area contributed by atoms with E-state index in [0.29, 0.717) is 6.61 Å². The van der Waals surface area contributed by atoms with Crippen LogP contribution in [0, 0.1) is 0 Å². The van der Waals surface area contributed by atoms with E-state index in [1.54, 1.807) is 0 Å². The number of benzene rings is 1. The highest BCUT2D eigenvalue weighted by atomic mass is 28.4. The number of aliphatic hydroxyl groups excluding tert-OH is 1. The molecule has 0 radical (unpaired) electrons. The van der Waals surface area contributed by atoms with Gasteiger partial charge in [0.15, 0.2) is 22.7 Å². The van der Waals surface area contributed by atoms with Gasteiger partial charge < -0.3 is 18.7 Å². The van der Waals surface area contributed by atoms with E-state index in [2.05, 4.69) is 0 Å². The zero-order valence-electron chi connectivity index (χ0n) is 22.5. The Hall–Kier alpha value is -0.716. The second-order valence-electron chi connectivity index (χ2n) is 12.1. The Balaban J connectivity index is 3.24. The van der Waals surface area contributed by atoms with Crippen molar-refractivity contribution in [2.75, 3.05) is 6.61 Å². The minimum Gasteiger partial charge on any atom is -0.411 e. The number of halogens is 3. The Labute approximate surface area is 206 Å². The highest BCUT2D eigenvalue weighted by molar-refractivity contribution is 6.74. The molecule has 198 valence electrons. The van der Waals surface area contributed by atoms with Crippen LogP contribution in [0.15, 0.2) is 30.3 Å². The monoisotopic (exact) mass is 522 g/mol. The lowest BCUT2D eigenvalue weighted by Crippen LogP contribution is -2.58. The van der Waals surface area contributed by atoms with E-state index in [0.717, 1.165) is 5.56 Å². The highest BCUT2D eigenvalue weighted by Crippen LogP contribution is 2.42. The number of hydrogen-bond donors (Lipinski definition) is 1. The molecule has 1 aromatic carbocycles. The van der Waals surface area contributed by atoms with Crippen molar-refractivity contribution in [3.05, 3.63) is 35.9 Å². The molecule has 0 saturated heterocycles. The molecule has 1 aromatic rings. The van der Waals surface area contributed by atoms with Crippen LogP contribution in [0.5, 0.6) is 0 Å². The van der Waals surface area contributed by atoms with Gasteiger partial charge >= 0.3 is 6.18 Å². The topological polar surface area (TPSA) is 47.9 Å². The first-order chi connectivity index (χ1) is 15.2. The molecule has 1 N–H and O–H groups in total. The summed E-state index contributed by atoms with van der Waals surface area (Å²) in [5, 5.41) is 9.89. The molecular formula is C25H45F3O4Si2. The summed E-state index contributed by atoms with van der Waals surface area (Å²) < 4.78 is 60.0. The van der Waals surface area contributed by atoms with Crippen LogP contribution in [-0.2, 0) is 20.2 Å². The van der Waals surface area contributed by atoms with Crippen molar-refractivity contribution in [2.24, 2.45) is 0 Å².